The Morgan fingerprint density at radius 1 is 0.826 bits per heavy atom. The third-order valence-corrected chi connectivity index (χ3v) is 39.1. The van der Waals surface area contributed by atoms with Gasteiger partial charge in [-0.2, -0.15) is 0 Å². The van der Waals surface area contributed by atoms with E-state index in [0.717, 1.165) is 10.9 Å². The minimum atomic E-state index is -1.82. The lowest BCUT2D eigenvalue weighted by Crippen LogP contribution is -2.61. The van der Waals surface area contributed by atoms with E-state index in [2.05, 4.69) is 71.5 Å². The molecule has 0 heterocycles. The number of phenolic OH excluding ortho intramolecular Hbond substituents is 1. The smallest absolute Gasteiger partial charge is 0.228 e. The standard InChI is InChI=1S/C16H33ClO2Si4/c1-20(2,3)22(7,8)16-12-15(13(17)11-14(16)18)19-23(9,10)21(4,5)6/h11-12,18H,1-10H3. The first-order valence-electron chi connectivity index (χ1n) is 8.23. The van der Waals surface area contributed by atoms with Crippen molar-refractivity contribution in [3.8, 4) is 11.5 Å². The summed E-state index contributed by atoms with van der Waals surface area (Å²) >= 11 is 6.40. The van der Waals surface area contributed by atoms with Crippen LogP contribution in [0.15, 0.2) is 12.1 Å². The lowest BCUT2D eigenvalue weighted by atomic mass is 10.3. The summed E-state index contributed by atoms with van der Waals surface area (Å²) in [6, 6.07) is 3.74. The van der Waals surface area contributed by atoms with Gasteiger partial charge in [0.05, 0.1) is 20.2 Å². The highest BCUT2D eigenvalue weighted by molar-refractivity contribution is 7.45. The Morgan fingerprint density at radius 2 is 1.30 bits per heavy atom. The second-order valence-corrected chi connectivity index (χ2v) is 42.3. The van der Waals surface area contributed by atoms with Crippen molar-refractivity contribution in [1.82, 2.24) is 0 Å². The quantitative estimate of drug-likeness (QED) is 0.667. The normalized spacial score (nSPS) is 14.0. The average molecular weight is 405 g/mol. The van der Waals surface area contributed by atoms with Crippen LogP contribution in [0.5, 0.6) is 11.5 Å². The molecule has 0 aliphatic heterocycles. The molecule has 1 N–H and O–H groups in total. The Kier molecular flexibility index (Phi) is 5.82. The van der Waals surface area contributed by atoms with Crippen LogP contribution in [0.1, 0.15) is 0 Å². The van der Waals surface area contributed by atoms with Crippen LogP contribution in [0.3, 0.4) is 0 Å². The molecular formula is C16H33ClO2Si4. The van der Waals surface area contributed by atoms with Gasteiger partial charge in [0.1, 0.15) is 11.5 Å². The summed E-state index contributed by atoms with van der Waals surface area (Å²) in [7, 11) is -6.33. The van der Waals surface area contributed by atoms with Crippen molar-refractivity contribution in [3.63, 3.8) is 0 Å². The average Bonchev–Trinajstić information content (AvgIpc) is 2.29. The van der Waals surface area contributed by atoms with Gasteiger partial charge in [-0.25, -0.2) is 0 Å². The van der Waals surface area contributed by atoms with E-state index < -0.39 is 30.6 Å². The molecule has 0 saturated carbocycles. The molecule has 0 unspecified atom stereocenters. The van der Waals surface area contributed by atoms with Gasteiger partial charge in [-0.3, -0.25) is 0 Å². The molecule has 0 saturated heterocycles. The fourth-order valence-electron chi connectivity index (χ4n) is 1.95. The SMILES string of the molecule is C[Si](C)(C)[Si](C)(C)Oc1cc([Si](C)(C)[Si](C)(C)C)c(O)cc1Cl. The van der Waals surface area contributed by atoms with Gasteiger partial charge in [-0.15, -0.1) is 0 Å². The molecule has 0 aliphatic carbocycles. The van der Waals surface area contributed by atoms with E-state index in [4.69, 9.17) is 16.0 Å². The van der Waals surface area contributed by atoms with Crippen molar-refractivity contribution in [3.05, 3.63) is 17.2 Å². The summed E-state index contributed by atoms with van der Waals surface area (Å²) in [5.41, 5.74) is 0. The van der Waals surface area contributed by atoms with Gasteiger partial charge in [0.15, 0.2) is 0 Å². The van der Waals surface area contributed by atoms with Crippen LogP contribution >= 0.6 is 11.6 Å². The molecule has 0 aromatic heterocycles. The predicted octanol–water partition coefficient (Wildman–Crippen LogP) is 5.38. The van der Waals surface area contributed by atoms with Gasteiger partial charge in [-0.1, -0.05) is 64.0 Å². The second-order valence-electron chi connectivity index (χ2n) is 9.54. The third kappa shape index (κ3) is 4.34. The molecular weight excluding hydrogens is 372 g/mol. The summed E-state index contributed by atoms with van der Waals surface area (Å²) < 4.78 is 6.50. The molecule has 0 fully saturated rings. The van der Waals surface area contributed by atoms with Crippen molar-refractivity contribution in [2.75, 3.05) is 0 Å². The Labute approximate surface area is 151 Å². The highest BCUT2D eigenvalue weighted by Crippen LogP contribution is 2.34. The number of phenols is 1. The van der Waals surface area contributed by atoms with E-state index >= 15 is 0 Å². The zero-order chi connectivity index (χ0) is 18.4. The molecule has 0 amide bonds. The summed E-state index contributed by atoms with van der Waals surface area (Å²) in [4.78, 5) is 0. The molecule has 1 rings (SSSR count). The van der Waals surface area contributed by atoms with Crippen LogP contribution in [0.4, 0.5) is 0 Å². The van der Waals surface area contributed by atoms with Crippen LogP contribution in [0.2, 0.25) is 70.5 Å². The van der Waals surface area contributed by atoms with Crippen LogP contribution in [0, 0.1) is 0 Å². The van der Waals surface area contributed by atoms with Gasteiger partial charge in [0, 0.05) is 13.7 Å². The monoisotopic (exact) mass is 404 g/mol. The van der Waals surface area contributed by atoms with Crippen LogP contribution < -0.4 is 9.61 Å². The van der Waals surface area contributed by atoms with E-state index in [1.165, 1.54) is 0 Å². The maximum Gasteiger partial charge on any atom is 0.228 e. The van der Waals surface area contributed by atoms with Crippen molar-refractivity contribution >= 4 is 47.4 Å². The number of halogens is 1. The molecule has 2 nitrogen and oxygen atoms in total. The minimum absolute atomic E-state index is 0.342. The molecule has 1 aromatic carbocycles. The van der Waals surface area contributed by atoms with Gasteiger partial charge < -0.3 is 9.53 Å². The number of aromatic hydroxyl groups is 1. The second kappa shape index (κ2) is 6.37. The first-order valence-corrected chi connectivity index (χ1v) is 23.5. The fraction of sp³-hybridized carbons (Fsp3) is 0.625. The molecule has 0 bridgehead atoms. The van der Waals surface area contributed by atoms with Gasteiger partial charge in [0.25, 0.3) is 0 Å². The van der Waals surface area contributed by atoms with Crippen LogP contribution in [0.25, 0.3) is 0 Å². The maximum absolute atomic E-state index is 10.5. The zero-order valence-electron chi connectivity index (χ0n) is 16.4. The minimum Gasteiger partial charge on any atom is -0.546 e. The van der Waals surface area contributed by atoms with Crippen molar-refractivity contribution in [2.24, 2.45) is 0 Å². The van der Waals surface area contributed by atoms with E-state index in [9.17, 15) is 5.11 Å². The van der Waals surface area contributed by atoms with E-state index in [1.54, 1.807) is 6.07 Å². The number of benzene rings is 1. The van der Waals surface area contributed by atoms with Crippen LogP contribution in [-0.2, 0) is 0 Å². The Hall–Kier alpha value is -0.0225. The molecule has 0 radical (unpaired) electrons. The number of hydrogen-bond donors (Lipinski definition) is 1. The van der Waals surface area contributed by atoms with Gasteiger partial charge in [-0.05, 0) is 24.3 Å². The zero-order valence-corrected chi connectivity index (χ0v) is 21.1. The number of rotatable bonds is 5. The lowest BCUT2D eigenvalue weighted by molar-refractivity contribution is 0.477. The van der Waals surface area contributed by atoms with Crippen molar-refractivity contribution < 1.29 is 9.53 Å². The Bertz CT molecular complexity index is 587. The largest absolute Gasteiger partial charge is 0.546 e. The summed E-state index contributed by atoms with van der Waals surface area (Å²) in [6.07, 6.45) is 0. The summed E-state index contributed by atoms with van der Waals surface area (Å²) in [5, 5.41) is 12.1. The van der Waals surface area contributed by atoms with Gasteiger partial charge in [0.2, 0.25) is 7.83 Å². The Morgan fingerprint density at radius 3 is 1.70 bits per heavy atom. The highest BCUT2D eigenvalue weighted by Gasteiger charge is 2.43. The predicted molar refractivity (Wildman–Crippen MR) is 115 cm³/mol. The highest BCUT2D eigenvalue weighted by atomic mass is 35.5. The molecule has 0 spiro atoms. The summed E-state index contributed by atoms with van der Waals surface area (Å²) in [5.74, 6) is 1.12. The maximum atomic E-state index is 10.5. The van der Waals surface area contributed by atoms with Crippen molar-refractivity contribution in [2.45, 2.75) is 65.5 Å². The Balaban J connectivity index is 3.42. The molecule has 132 valence electrons. The first-order chi connectivity index (χ1) is 10.0. The molecule has 0 aliphatic rings. The molecule has 23 heavy (non-hydrogen) atoms. The number of hydrogen-bond acceptors (Lipinski definition) is 2. The lowest BCUT2D eigenvalue weighted by Gasteiger charge is -2.38. The topological polar surface area (TPSA) is 29.5 Å². The summed E-state index contributed by atoms with van der Waals surface area (Å²) in [6.45, 7) is 23.5. The first kappa shape index (κ1) is 21.0. The van der Waals surface area contributed by atoms with E-state index in [-0.39, 0.29) is 0 Å². The third-order valence-electron chi connectivity index (χ3n) is 5.77. The van der Waals surface area contributed by atoms with Crippen molar-refractivity contribution in [1.29, 1.82) is 0 Å². The fourth-order valence-corrected chi connectivity index (χ4v) is 9.53. The van der Waals surface area contributed by atoms with E-state index in [1.807, 2.05) is 0 Å². The van der Waals surface area contributed by atoms with E-state index in [0.29, 0.717) is 10.8 Å². The molecule has 1 aromatic rings. The van der Waals surface area contributed by atoms with Crippen LogP contribution in [-0.4, -0.2) is 35.7 Å². The molecule has 7 heteroatoms. The molecule has 0 atom stereocenters. The van der Waals surface area contributed by atoms with Gasteiger partial charge >= 0.3 is 0 Å².